The van der Waals surface area contributed by atoms with Crippen molar-refractivity contribution in [3.8, 4) is 16.5 Å². The summed E-state index contributed by atoms with van der Waals surface area (Å²) < 4.78 is 7.14. The maximum atomic E-state index is 12.6. The van der Waals surface area contributed by atoms with Crippen LogP contribution in [-0.4, -0.2) is 32.1 Å². The first-order chi connectivity index (χ1) is 14.0. The minimum atomic E-state index is -0.111. The Labute approximate surface area is 172 Å². The first-order valence-corrected chi connectivity index (χ1v) is 10.2. The monoisotopic (exact) mass is 407 g/mol. The van der Waals surface area contributed by atoms with Gasteiger partial charge in [0.25, 0.3) is 5.78 Å². The number of hydrogen-bond donors (Lipinski definition) is 1. The zero-order chi connectivity index (χ0) is 20.4. The van der Waals surface area contributed by atoms with Gasteiger partial charge in [0, 0.05) is 22.6 Å². The number of amides is 1. The quantitative estimate of drug-likeness (QED) is 0.521. The second-order valence-corrected chi connectivity index (χ2v) is 7.52. The summed E-state index contributed by atoms with van der Waals surface area (Å²) in [5.41, 5.74) is 3.22. The van der Waals surface area contributed by atoms with Crippen LogP contribution in [-0.2, 0) is 11.2 Å². The van der Waals surface area contributed by atoms with Gasteiger partial charge in [0.1, 0.15) is 5.75 Å². The van der Waals surface area contributed by atoms with Crippen molar-refractivity contribution in [2.24, 2.45) is 0 Å². The third-order valence-corrected chi connectivity index (χ3v) is 5.44. The zero-order valence-electron chi connectivity index (χ0n) is 16.5. The Bertz CT molecular complexity index is 1150. The van der Waals surface area contributed by atoms with Gasteiger partial charge in [0.2, 0.25) is 5.91 Å². The lowest BCUT2D eigenvalue weighted by molar-refractivity contribution is -0.115. The van der Waals surface area contributed by atoms with E-state index in [0.29, 0.717) is 18.2 Å². The largest absolute Gasteiger partial charge is 0.494 e. The fourth-order valence-electron chi connectivity index (χ4n) is 3.14. The van der Waals surface area contributed by atoms with E-state index in [9.17, 15) is 4.79 Å². The molecular weight excluding hydrogens is 386 g/mol. The molecule has 0 saturated heterocycles. The molecule has 148 valence electrons. The molecule has 8 heteroatoms. The van der Waals surface area contributed by atoms with Gasteiger partial charge in [0.15, 0.2) is 5.82 Å². The normalized spacial score (nSPS) is 11.0. The number of benzene rings is 1. The maximum absolute atomic E-state index is 12.6. The van der Waals surface area contributed by atoms with Crippen LogP contribution >= 0.6 is 11.3 Å². The fraction of sp³-hybridized carbons (Fsp3) is 0.238. The van der Waals surface area contributed by atoms with E-state index in [2.05, 4.69) is 20.4 Å². The van der Waals surface area contributed by atoms with Crippen LogP contribution in [0.4, 0.5) is 5.69 Å². The summed E-state index contributed by atoms with van der Waals surface area (Å²) in [6.45, 7) is 6.37. The Balaban J connectivity index is 1.56. The summed E-state index contributed by atoms with van der Waals surface area (Å²) in [6, 6.07) is 11.3. The predicted molar refractivity (Wildman–Crippen MR) is 114 cm³/mol. The van der Waals surface area contributed by atoms with Crippen molar-refractivity contribution in [3.63, 3.8) is 0 Å². The van der Waals surface area contributed by atoms with Gasteiger partial charge < -0.3 is 10.1 Å². The summed E-state index contributed by atoms with van der Waals surface area (Å²) in [7, 11) is 0. The summed E-state index contributed by atoms with van der Waals surface area (Å²) in [5.74, 6) is 1.85. The molecular formula is C21H21N5O2S. The van der Waals surface area contributed by atoms with Crippen LogP contribution in [0.25, 0.3) is 16.5 Å². The standard InChI is InChI=1S/C21H21N5O2S/c1-4-28-16-9-7-15(8-10-16)23-19(27)12-17-13(2)22-21-24-20(18-6-5-11-29-18)25-26(21)14(17)3/h5-11H,4,12H2,1-3H3,(H,23,27). The van der Waals surface area contributed by atoms with Crippen molar-refractivity contribution in [3.05, 3.63) is 58.7 Å². The van der Waals surface area contributed by atoms with Crippen molar-refractivity contribution in [2.75, 3.05) is 11.9 Å². The van der Waals surface area contributed by atoms with Gasteiger partial charge in [-0.1, -0.05) is 6.07 Å². The van der Waals surface area contributed by atoms with E-state index in [1.54, 1.807) is 15.9 Å². The first kappa shape index (κ1) is 19.1. The number of carbonyl (C=O) groups excluding carboxylic acids is 1. The summed E-state index contributed by atoms with van der Waals surface area (Å²) >= 11 is 1.58. The molecule has 0 aliphatic heterocycles. The topological polar surface area (TPSA) is 81.4 Å². The van der Waals surface area contributed by atoms with Crippen molar-refractivity contribution in [1.82, 2.24) is 19.6 Å². The van der Waals surface area contributed by atoms with Gasteiger partial charge in [0.05, 0.1) is 17.9 Å². The van der Waals surface area contributed by atoms with E-state index >= 15 is 0 Å². The van der Waals surface area contributed by atoms with Crippen LogP contribution in [0.5, 0.6) is 5.75 Å². The molecule has 0 fully saturated rings. The lowest BCUT2D eigenvalue weighted by Crippen LogP contribution is -2.17. The van der Waals surface area contributed by atoms with Crippen molar-refractivity contribution >= 4 is 28.7 Å². The summed E-state index contributed by atoms with van der Waals surface area (Å²) in [5, 5.41) is 9.50. The highest BCUT2D eigenvalue weighted by molar-refractivity contribution is 7.13. The number of fused-ring (bicyclic) bond motifs is 1. The van der Waals surface area contributed by atoms with Gasteiger partial charge in [-0.05, 0) is 56.5 Å². The Hall–Kier alpha value is -3.26. The third-order valence-electron chi connectivity index (χ3n) is 4.58. The molecule has 0 saturated carbocycles. The molecule has 7 nitrogen and oxygen atoms in total. The Morgan fingerprint density at radius 3 is 2.66 bits per heavy atom. The maximum Gasteiger partial charge on any atom is 0.253 e. The summed E-state index contributed by atoms with van der Waals surface area (Å²) in [4.78, 5) is 22.7. The zero-order valence-corrected chi connectivity index (χ0v) is 17.3. The molecule has 1 N–H and O–H groups in total. The highest BCUT2D eigenvalue weighted by Crippen LogP contribution is 2.23. The second-order valence-electron chi connectivity index (χ2n) is 6.57. The predicted octanol–water partition coefficient (Wildman–Crippen LogP) is 4.05. The van der Waals surface area contributed by atoms with Gasteiger partial charge >= 0.3 is 0 Å². The SMILES string of the molecule is CCOc1ccc(NC(=O)Cc2c(C)nc3nc(-c4cccs4)nn3c2C)cc1. The molecule has 0 aliphatic carbocycles. The molecule has 0 spiro atoms. The Morgan fingerprint density at radius 2 is 1.97 bits per heavy atom. The van der Waals surface area contributed by atoms with Gasteiger partial charge in [-0.15, -0.1) is 16.4 Å². The third kappa shape index (κ3) is 3.97. The molecule has 4 aromatic rings. The molecule has 0 radical (unpaired) electrons. The van der Waals surface area contributed by atoms with Crippen molar-refractivity contribution in [2.45, 2.75) is 27.2 Å². The molecule has 29 heavy (non-hydrogen) atoms. The lowest BCUT2D eigenvalue weighted by Gasteiger charge is -2.11. The van der Waals surface area contributed by atoms with Crippen LogP contribution in [0.2, 0.25) is 0 Å². The molecule has 0 bridgehead atoms. The molecule has 0 atom stereocenters. The Kier molecular flexibility index (Phi) is 5.26. The summed E-state index contributed by atoms with van der Waals surface area (Å²) in [6.07, 6.45) is 0.210. The van der Waals surface area contributed by atoms with Crippen LogP contribution in [0.1, 0.15) is 23.9 Å². The molecule has 1 amide bonds. The minimum absolute atomic E-state index is 0.111. The molecule has 4 rings (SSSR count). The van der Waals surface area contributed by atoms with E-state index in [0.717, 1.165) is 33.3 Å². The average Bonchev–Trinajstić information content (AvgIpc) is 3.36. The number of nitrogens with zero attached hydrogens (tertiary/aromatic N) is 4. The molecule has 0 aliphatic rings. The average molecular weight is 407 g/mol. The number of aryl methyl sites for hydroxylation is 2. The van der Waals surface area contributed by atoms with E-state index < -0.39 is 0 Å². The van der Waals surface area contributed by atoms with Crippen molar-refractivity contribution < 1.29 is 9.53 Å². The van der Waals surface area contributed by atoms with E-state index in [4.69, 9.17) is 4.74 Å². The van der Waals surface area contributed by atoms with Crippen LogP contribution < -0.4 is 10.1 Å². The van der Waals surface area contributed by atoms with E-state index in [1.165, 1.54) is 0 Å². The number of carbonyl (C=O) groups is 1. The number of thiophene rings is 1. The molecule has 1 aromatic carbocycles. The van der Waals surface area contributed by atoms with Crippen LogP contribution in [0.3, 0.4) is 0 Å². The molecule has 3 heterocycles. The van der Waals surface area contributed by atoms with Gasteiger partial charge in [-0.3, -0.25) is 4.79 Å². The van der Waals surface area contributed by atoms with Crippen LogP contribution in [0.15, 0.2) is 41.8 Å². The number of ether oxygens (including phenoxy) is 1. The minimum Gasteiger partial charge on any atom is -0.494 e. The van der Waals surface area contributed by atoms with E-state index in [-0.39, 0.29) is 12.3 Å². The highest BCUT2D eigenvalue weighted by atomic mass is 32.1. The highest BCUT2D eigenvalue weighted by Gasteiger charge is 2.17. The number of nitrogens with one attached hydrogen (secondary N) is 1. The number of anilines is 1. The van der Waals surface area contributed by atoms with Gasteiger partial charge in [-0.25, -0.2) is 9.50 Å². The number of rotatable bonds is 6. The first-order valence-electron chi connectivity index (χ1n) is 9.34. The number of hydrogen-bond acceptors (Lipinski definition) is 6. The molecule has 3 aromatic heterocycles. The van der Waals surface area contributed by atoms with E-state index in [1.807, 2.05) is 62.5 Å². The number of aromatic nitrogens is 4. The van der Waals surface area contributed by atoms with Gasteiger partial charge in [-0.2, -0.15) is 4.98 Å². The Morgan fingerprint density at radius 1 is 1.17 bits per heavy atom. The second kappa shape index (κ2) is 8.00. The van der Waals surface area contributed by atoms with Crippen LogP contribution in [0, 0.1) is 13.8 Å². The molecule has 0 unspecified atom stereocenters. The fourth-order valence-corrected chi connectivity index (χ4v) is 3.79. The van der Waals surface area contributed by atoms with Crippen molar-refractivity contribution in [1.29, 1.82) is 0 Å². The lowest BCUT2D eigenvalue weighted by atomic mass is 10.1. The smallest absolute Gasteiger partial charge is 0.253 e.